The summed E-state index contributed by atoms with van der Waals surface area (Å²) < 4.78 is 1.94. The molecular weight excluding hydrogens is 415 g/mol. The zero-order chi connectivity index (χ0) is 11.6. The molecule has 2 unspecified atom stereocenters. The number of rotatable bonds is 5. The summed E-state index contributed by atoms with van der Waals surface area (Å²) in [4.78, 5) is 0.530. The van der Waals surface area contributed by atoms with E-state index in [1.54, 1.807) is 4.46 Å². The molecule has 0 N–H and O–H groups in total. The van der Waals surface area contributed by atoms with Crippen molar-refractivity contribution >= 4 is 62.6 Å². The Kier molecular flexibility index (Phi) is 5.00. The van der Waals surface area contributed by atoms with Gasteiger partial charge < -0.3 is 0 Å². The fraction of sp³-hybridized carbons (Fsp3) is 0.667. The van der Waals surface area contributed by atoms with Gasteiger partial charge in [-0.05, 0) is 0 Å². The van der Waals surface area contributed by atoms with Crippen molar-refractivity contribution < 1.29 is 0 Å². The Morgan fingerprint density at radius 2 is 2.19 bits per heavy atom. The molecule has 4 heteroatoms. The van der Waals surface area contributed by atoms with Crippen molar-refractivity contribution in [3.8, 4) is 0 Å². The van der Waals surface area contributed by atoms with Crippen LogP contribution in [0.1, 0.15) is 49.4 Å². The second kappa shape index (κ2) is 5.88. The summed E-state index contributed by atoms with van der Waals surface area (Å²) in [5.41, 5.74) is 1.54. The van der Waals surface area contributed by atoms with Crippen molar-refractivity contribution in [2.75, 3.05) is 0 Å². The summed E-state index contributed by atoms with van der Waals surface area (Å²) in [5, 5.41) is 4.64. The Bertz CT molecular complexity index is 353. The van der Waals surface area contributed by atoms with Crippen LogP contribution in [-0.4, -0.2) is 18.2 Å². The van der Waals surface area contributed by atoms with Crippen molar-refractivity contribution in [1.82, 2.24) is 0 Å². The van der Waals surface area contributed by atoms with Crippen molar-refractivity contribution in [2.24, 2.45) is 0 Å². The average molecular weight is 431 g/mol. The molecule has 0 amide bonds. The van der Waals surface area contributed by atoms with Gasteiger partial charge in [0.15, 0.2) is 0 Å². The third-order valence-corrected chi connectivity index (χ3v) is 11.2. The Hall–Kier alpha value is 1.18. The van der Waals surface area contributed by atoms with E-state index in [1.807, 2.05) is 11.3 Å². The Labute approximate surface area is 125 Å². The Morgan fingerprint density at radius 3 is 2.88 bits per heavy atom. The molecule has 0 aliphatic carbocycles. The van der Waals surface area contributed by atoms with E-state index in [4.69, 9.17) is 0 Å². The first-order valence-electron chi connectivity index (χ1n) is 5.75. The van der Waals surface area contributed by atoms with Gasteiger partial charge in [0.25, 0.3) is 0 Å². The van der Waals surface area contributed by atoms with Gasteiger partial charge in [-0.1, -0.05) is 0 Å². The molecule has 2 rings (SSSR count). The van der Waals surface area contributed by atoms with Crippen LogP contribution in [0.4, 0.5) is 0 Å². The second-order valence-electron chi connectivity index (χ2n) is 4.25. The summed E-state index contributed by atoms with van der Waals surface area (Å²) in [6.45, 7) is 2.27. The first-order chi connectivity index (χ1) is 7.67. The number of alkyl halides is 2. The fourth-order valence-corrected chi connectivity index (χ4v) is 9.03. The molecule has 90 valence electrons. The molecule has 0 spiro atoms. The van der Waals surface area contributed by atoms with E-state index in [0.717, 1.165) is 0 Å². The Balaban J connectivity index is 1.92. The third kappa shape index (κ3) is 2.77. The zero-order valence-corrected chi connectivity index (χ0v) is 15.0. The van der Waals surface area contributed by atoms with Crippen LogP contribution in [0, 0.1) is 0 Å². The van der Waals surface area contributed by atoms with Crippen molar-refractivity contribution in [1.29, 1.82) is 0 Å². The van der Waals surface area contributed by atoms with E-state index >= 15 is 0 Å². The molecule has 0 fully saturated rings. The number of halogens is 2. The van der Waals surface area contributed by atoms with Crippen LogP contribution in [0.3, 0.4) is 0 Å². The van der Waals surface area contributed by atoms with Crippen LogP contribution in [-0.2, 0) is 0 Å². The number of fused-ring (bicyclic) bond motifs is 1. The van der Waals surface area contributed by atoms with Crippen molar-refractivity contribution in [2.45, 2.75) is 47.1 Å². The maximum atomic E-state index is 4.01. The predicted octanol–water partition coefficient (Wildman–Crippen LogP) is 4.59. The van der Waals surface area contributed by atoms with E-state index in [2.05, 4.69) is 49.5 Å². The number of unbranched alkanes of at least 4 members (excludes halogenated alkanes) is 3. The predicted molar refractivity (Wildman–Crippen MR) is 81.8 cm³/mol. The van der Waals surface area contributed by atoms with Gasteiger partial charge in [-0.2, -0.15) is 0 Å². The molecular formula is C12H16Br2SSe. The summed E-state index contributed by atoms with van der Waals surface area (Å²) >= 11 is 10.3. The van der Waals surface area contributed by atoms with Crippen molar-refractivity contribution in [3.05, 3.63) is 16.3 Å². The topological polar surface area (TPSA) is 0 Å². The minimum atomic E-state index is 0.340. The minimum absolute atomic E-state index is 0.340. The molecule has 0 saturated carbocycles. The van der Waals surface area contributed by atoms with E-state index in [9.17, 15) is 0 Å². The molecule has 1 aromatic heterocycles. The molecule has 1 aromatic rings. The molecule has 2 atom stereocenters. The van der Waals surface area contributed by atoms with Crippen LogP contribution in [0.5, 0.6) is 0 Å². The molecule has 2 heterocycles. The average Bonchev–Trinajstić information content (AvgIpc) is 2.78. The molecule has 0 nitrogen and oxygen atoms in total. The summed E-state index contributed by atoms with van der Waals surface area (Å²) in [7, 11) is 0. The van der Waals surface area contributed by atoms with Gasteiger partial charge in [0, 0.05) is 0 Å². The fourth-order valence-electron chi connectivity index (χ4n) is 2.00. The van der Waals surface area contributed by atoms with E-state index in [-0.39, 0.29) is 0 Å². The van der Waals surface area contributed by atoms with Crippen LogP contribution in [0.25, 0.3) is 0 Å². The van der Waals surface area contributed by atoms with E-state index in [1.165, 1.54) is 37.7 Å². The van der Waals surface area contributed by atoms with Gasteiger partial charge in [0.1, 0.15) is 0 Å². The van der Waals surface area contributed by atoms with E-state index in [0.29, 0.717) is 23.0 Å². The molecule has 1 aliphatic rings. The Morgan fingerprint density at radius 1 is 1.38 bits per heavy atom. The third-order valence-electron chi connectivity index (χ3n) is 2.96. The van der Waals surface area contributed by atoms with Crippen LogP contribution in [0.15, 0.2) is 10.8 Å². The number of thiophene rings is 1. The zero-order valence-electron chi connectivity index (χ0n) is 9.34. The summed E-state index contributed by atoms with van der Waals surface area (Å²) in [6.07, 6.45) is 6.75. The molecule has 0 bridgehead atoms. The van der Waals surface area contributed by atoms with Gasteiger partial charge in [0.2, 0.25) is 0 Å². The van der Waals surface area contributed by atoms with Crippen molar-refractivity contribution in [3.63, 3.8) is 0 Å². The number of hydrogen-bond donors (Lipinski definition) is 0. The number of hydrogen-bond acceptors (Lipinski definition) is 1. The second-order valence-corrected chi connectivity index (χ2v) is 11.4. The molecule has 1 aliphatic heterocycles. The molecule has 0 saturated heterocycles. The van der Waals surface area contributed by atoms with Gasteiger partial charge in [-0.15, -0.1) is 0 Å². The van der Waals surface area contributed by atoms with Gasteiger partial charge in [0.05, 0.1) is 0 Å². The molecule has 16 heavy (non-hydrogen) atoms. The van der Waals surface area contributed by atoms with Crippen LogP contribution >= 0.6 is 43.2 Å². The summed E-state index contributed by atoms with van der Waals surface area (Å²) in [6, 6.07) is 0. The van der Waals surface area contributed by atoms with Gasteiger partial charge in [-0.3, -0.25) is 0 Å². The molecule has 0 radical (unpaired) electrons. The first kappa shape index (κ1) is 13.6. The first-order valence-corrected chi connectivity index (χ1v) is 10.1. The van der Waals surface area contributed by atoms with Gasteiger partial charge >= 0.3 is 126 Å². The van der Waals surface area contributed by atoms with E-state index < -0.39 is 0 Å². The monoisotopic (exact) mass is 430 g/mol. The van der Waals surface area contributed by atoms with Crippen LogP contribution in [0.2, 0.25) is 0 Å². The summed E-state index contributed by atoms with van der Waals surface area (Å²) in [5.74, 6) is 0. The van der Waals surface area contributed by atoms with Gasteiger partial charge in [-0.25, -0.2) is 0 Å². The maximum absolute atomic E-state index is 4.01. The van der Waals surface area contributed by atoms with Crippen LogP contribution < -0.4 is 4.46 Å². The molecule has 0 aromatic carbocycles. The quantitative estimate of drug-likeness (QED) is 0.364. The normalized spacial score (nSPS) is 28.3. The standard InChI is InChI=1S/C12H16Br2SSe/c1-2-3-4-5-6-12(14)11(13)9-7-15-8-10(9)16-12/h7-8,11H,2-6H2,1H3. The SMILES string of the molecule is CCCCCCC1(Br)[Se]c2cscc2C1Br.